The Labute approximate surface area is 231 Å². The van der Waals surface area contributed by atoms with Gasteiger partial charge in [0.15, 0.2) is 0 Å². The van der Waals surface area contributed by atoms with E-state index in [0.717, 1.165) is 12.1 Å². The third-order valence-corrected chi connectivity index (χ3v) is 6.93. The van der Waals surface area contributed by atoms with Crippen molar-refractivity contribution in [3.05, 3.63) is 111 Å². The van der Waals surface area contributed by atoms with Crippen LogP contribution in [0.25, 0.3) is 22.2 Å². The predicted molar refractivity (Wildman–Crippen MR) is 137 cm³/mol. The summed E-state index contributed by atoms with van der Waals surface area (Å²) in [5.74, 6) is -3.58. The van der Waals surface area contributed by atoms with Crippen molar-refractivity contribution in [1.82, 2.24) is 15.6 Å². The summed E-state index contributed by atoms with van der Waals surface area (Å²) in [5.41, 5.74) is 0.0281. The van der Waals surface area contributed by atoms with Crippen molar-refractivity contribution in [1.29, 1.82) is 0 Å². The number of carbonyl (C=O) groups excluding carboxylic acids is 2. The first-order chi connectivity index (χ1) is 19.5. The normalized spacial score (nSPS) is 14.7. The molecule has 0 saturated carbocycles. The largest absolute Gasteiger partial charge is 0.416 e. The van der Waals surface area contributed by atoms with Crippen LogP contribution in [0.4, 0.5) is 27.6 Å². The molecule has 0 saturated heterocycles. The molecule has 2 N–H and O–H groups in total. The van der Waals surface area contributed by atoms with Crippen molar-refractivity contribution >= 4 is 40.1 Å². The van der Waals surface area contributed by atoms with Gasteiger partial charge in [-0.2, -0.15) is 13.2 Å². The number of aromatic nitrogens is 2. The lowest BCUT2D eigenvalue weighted by Crippen LogP contribution is -2.21. The highest BCUT2D eigenvalue weighted by atomic mass is 35.5. The number of amides is 2. The van der Waals surface area contributed by atoms with Crippen LogP contribution in [0.2, 0.25) is 5.02 Å². The van der Waals surface area contributed by atoms with Crippen molar-refractivity contribution in [3.8, 4) is 11.1 Å². The van der Waals surface area contributed by atoms with E-state index in [2.05, 4.69) is 20.9 Å². The van der Waals surface area contributed by atoms with E-state index in [4.69, 9.17) is 16.2 Å². The molecule has 2 heterocycles. The number of nitrogens with zero attached hydrogens (tertiary/aromatic N) is 2. The highest BCUT2D eigenvalue weighted by Crippen LogP contribution is 2.42. The van der Waals surface area contributed by atoms with Crippen LogP contribution < -0.4 is 10.6 Å². The molecular weight excluding hydrogens is 571 g/mol. The van der Waals surface area contributed by atoms with E-state index in [1.807, 2.05) is 0 Å². The van der Waals surface area contributed by atoms with Gasteiger partial charge in [0, 0.05) is 38.5 Å². The van der Waals surface area contributed by atoms with Gasteiger partial charge in [0.05, 0.1) is 11.6 Å². The predicted octanol–water partition coefficient (Wildman–Crippen LogP) is 6.93. The molecule has 7 nitrogen and oxygen atoms in total. The summed E-state index contributed by atoms with van der Waals surface area (Å²) in [6, 6.07) is 11.9. The number of carbonyl (C=O) groups is 2. The Hall–Kier alpha value is -4.84. The van der Waals surface area contributed by atoms with Gasteiger partial charge in [-0.05, 0) is 70.5 Å². The van der Waals surface area contributed by atoms with Crippen molar-refractivity contribution in [2.75, 3.05) is 5.32 Å². The van der Waals surface area contributed by atoms with Crippen molar-refractivity contribution in [3.63, 3.8) is 0 Å². The highest BCUT2D eigenvalue weighted by molar-refractivity contribution is 6.31. The van der Waals surface area contributed by atoms with E-state index in [1.165, 1.54) is 18.2 Å². The molecule has 1 aliphatic rings. The molecule has 6 rings (SSSR count). The second kappa shape index (κ2) is 9.66. The number of benzene rings is 4. The van der Waals surface area contributed by atoms with Gasteiger partial charge in [-0.25, -0.2) is 13.4 Å². The molecule has 1 atom stereocenters. The maximum atomic E-state index is 14.2. The fourth-order valence-electron chi connectivity index (χ4n) is 4.78. The number of nitrogens with one attached hydrogen (secondary N) is 2. The second-order valence-corrected chi connectivity index (χ2v) is 9.58. The maximum Gasteiger partial charge on any atom is 0.416 e. The average molecular weight is 585 g/mol. The smallest absolute Gasteiger partial charge is 0.341 e. The molecule has 13 heteroatoms. The van der Waals surface area contributed by atoms with Crippen LogP contribution in [0.1, 0.15) is 43.4 Å². The number of halogens is 6. The van der Waals surface area contributed by atoms with Crippen LogP contribution in [-0.4, -0.2) is 22.1 Å². The molecule has 1 aliphatic heterocycles. The van der Waals surface area contributed by atoms with Crippen LogP contribution >= 0.6 is 11.6 Å². The van der Waals surface area contributed by atoms with Gasteiger partial charge < -0.3 is 10.6 Å². The van der Waals surface area contributed by atoms with Gasteiger partial charge >= 0.3 is 6.18 Å². The number of alkyl halides is 3. The van der Waals surface area contributed by atoms with Crippen LogP contribution in [0.3, 0.4) is 0 Å². The van der Waals surface area contributed by atoms with Gasteiger partial charge in [-0.15, -0.1) is 0 Å². The molecule has 4 aromatic carbocycles. The molecule has 206 valence electrons. The number of hydrogen-bond donors (Lipinski definition) is 2. The summed E-state index contributed by atoms with van der Waals surface area (Å²) in [7, 11) is 0. The fourth-order valence-corrected chi connectivity index (χ4v) is 5.01. The summed E-state index contributed by atoms with van der Waals surface area (Å²) < 4.78 is 73.0. The Kier molecular flexibility index (Phi) is 6.22. The molecule has 5 aromatic rings. The number of anilines is 1. The molecule has 41 heavy (non-hydrogen) atoms. The Morgan fingerprint density at radius 1 is 0.951 bits per heavy atom. The van der Waals surface area contributed by atoms with E-state index >= 15 is 0 Å². The van der Waals surface area contributed by atoms with Crippen molar-refractivity contribution in [2.45, 2.75) is 12.2 Å². The van der Waals surface area contributed by atoms with Crippen molar-refractivity contribution < 1.29 is 36.2 Å². The molecule has 1 unspecified atom stereocenters. The van der Waals surface area contributed by atoms with E-state index in [9.17, 15) is 31.5 Å². The number of fused-ring (bicyclic) bond motifs is 2. The second-order valence-electron chi connectivity index (χ2n) is 9.18. The maximum absolute atomic E-state index is 14.2. The Morgan fingerprint density at radius 3 is 2.54 bits per heavy atom. The van der Waals surface area contributed by atoms with E-state index in [0.29, 0.717) is 34.3 Å². The summed E-state index contributed by atoms with van der Waals surface area (Å²) in [4.78, 5) is 26.4. The van der Waals surface area contributed by atoms with E-state index in [1.54, 1.807) is 18.2 Å². The third kappa shape index (κ3) is 4.76. The molecule has 1 aromatic heterocycles. The highest BCUT2D eigenvalue weighted by Gasteiger charge is 2.36. The Bertz CT molecular complexity index is 1890. The molecule has 2 amide bonds. The van der Waals surface area contributed by atoms with E-state index < -0.39 is 46.8 Å². The summed E-state index contributed by atoms with van der Waals surface area (Å²) in [6.07, 6.45) is -4.90. The fraction of sp³-hybridized carbons (Fsp3) is 0.0714. The lowest BCUT2D eigenvalue weighted by molar-refractivity contribution is -0.137. The van der Waals surface area contributed by atoms with E-state index in [-0.39, 0.29) is 33.5 Å². The molecule has 0 radical (unpaired) electrons. The first-order valence-electron chi connectivity index (χ1n) is 11.8. The number of rotatable bonds is 4. The lowest BCUT2D eigenvalue weighted by atomic mass is 9.92. The first kappa shape index (κ1) is 26.4. The van der Waals surface area contributed by atoms with Gasteiger partial charge in [-0.1, -0.05) is 23.7 Å². The minimum Gasteiger partial charge on any atom is -0.341 e. The summed E-state index contributed by atoms with van der Waals surface area (Å²) in [6.45, 7) is 0. The molecular formula is C28H14ClF5N4O3. The minimum absolute atomic E-state index is 0.0162. The SMILES string of the molecule is O=C(Nc1cc(-c2cccc3nonc23)cc2c1C(c1cc(F)ccc1Cl)NC2=O)c1cc(F)cc(C(F)(F)F)c1. The van der Waals surface area contributed by atoms with Crippen LogP contribution in [-0.2, 0) is 6.18 Å². The zero-order valence-corrected chi connectivity index (χ0v) is 21.1. The Balaban J connectivity index is 1.53. The topological polar surface area (TPSA) is 97.1 Å². The first-order valence-corrected chi connectivity index (χ1v) is 12.2. The molecule has 0 spiro atoms. The average Bonchev–Trinajstić information content (AvgIpc) is 3.54. The molecule has 0 fully saturated rings. The molecule has 0 aliphatic carbocycles. The zero-order valence-electron chi connectivity index (χ0n) is 20.3. The lowest BCUT2D eigenvalue weighted by Gasteiger charge is -2.19. The third-order valence-electron chi connectivity index (χ3n) is 6.59. The quantitative estimate of drug-likeness (QED) is 0.223. The van der Waals surface area contributed by atoms with Gasteiger partial charge in [-0.3, -0.25) is 9.59 Å². The van der Waals surface area contributed by atoms with Gasteiger partial charge in [0.2, 0.25) is 0 Å². The number of hydrogen-bond acceptors (Lipinski definition) is 5. The molecule has 0 bridgehead atoms. The van der Waals surface area contributed by atoms with Crippen LogP contribution in [0.5, 0.6) is 0 Å². The van der Waals surface area contributed by atoms with Gasteiger partial charge in [0.25, 0.3) is 11.8 Å². The van der Waals surface area contributed by atoms with Crippen molar-refractivity contribution in [2.24, 2.45) is 0 Å². The van der Waals surface area contributed by atoms with Crippen LogP contribution in [0.15, 0.2) is 71.4 Å². The summed E-state index contributed by atoms with van der Waals surface area (Å²) in [5, 5.41) is 13.0. The summed E-state index contributed by atoms with van der Waals surface area (Å²) >= 11 is 6.32. The van der Waals surface area contributed by atoms with Gasteiger partial charge in [0.1, 0.15) is 22.7 Å². The Morgan fingerprint density at radius 2 is 1.76 bits per heavy atom. The monoisotopic (exact) mass is 584 g/mol. The minimum atomic E-state index is -4.90. The zero-order chi connectivity index (χ0) is 29.1. The standard InChI is InChI=1S/C28H14ClF5N4O3/c29-20-5-4-15(30)11-18(20)25-23-19(27(40)36-25)8-12(17-2-1-3-21-24(17)38-41-37-21)9-22(23)35-26(39)13-6-14(28(32,33)34)10-16(31)7-13/h1-11,25H,(H,35,39)(H,36,40). The van der Waals surface area contributed by atoms with Crippen LogP contribution in [0, 0.1) is 11.6 Å².